The number of nitrogens with zero attached hydrogens (tertiary/aromatic N) is 3. The lowest BCUT2D eigenvalue weighted by atomic mass is 10.1. The second-order valence-electron chi connectivity index (χ2n) is 8.09. The van der Waals surface area contributed by atoms with E-state index in [0.29, 0.717) is 16.8 Å². The number of aryl methyl sites for hydroxylation is 1. The molecule has 1 saturated heterocycles. The summed E-state index contributed by atoms with van der Waals surface area (Å²) in [7, 11) is -2.16. The molecule has 4 rings (SSSR count). The number of piperidine rings is 1. The van der Waals surface area contributed by atoms with Gasteiger partial charge in [-0.25, -0.2) is 8.42 Å². The van der Waals surface area contributed by atoms with Gasteiger partial charge in [0.1, 0.15) is 0 Å². The normalized spacial score (nSPS) is 14.9. The van der Waals surface area contributed by atoms with Crippen molar-refractivity contribution in [2.24, 2.45) is 0 Å². The summed E-state index contributed by atoms with van der Waals surface area (Å²) in [6.07, 6.45) is 3.49. The summed E-state index contributed by atoms with van der Waals surface area (Å²) in [4.78, 5) is 26.9. The molecule has 0 unspecified atom stereocenters. The topological polar surface area (TPSA) is 79.7 Å². The molecule has 0 bridgehead atoms. The second-order valence-corrected chi connectivity index (χ2v) is 11.1. The van der Waals surface area contributed by atoms with Crippen molar-refractivity contribution in [2.45, 2.75) is 43.7 Å². The highest BCUT2D eigenvalue weighted by atomic mass is 32.2. The quantitative estimate of drug-likeness (QED) is 0.528. The van der Waals surface area contributed by atoms with Crippen LogP contribution in [0, 0.1) is 0 Å². The maximum Gasteiger partial charge on any atom is 0.308 e. The molecule has 0 N–H and O–H groups in total. The van der Waals surface area contributed by atoms with Gasteiger partial charge >= 0.3 is 4.87 Å². The Bertz CT molecular complexity index is 1260. The smallest absolute Gasteiger partial charge is 0.308 e. The molecule has 2 aromatic carbocycles. The van der Waals surface area contributed by atoms with E-state index in [-0.39, 0.29) is 28.6 Å². The third-order valence-electron chi connectivity index (χ3n) is 5.85. The number of thiazole rings is 1. The van der Waals surface area contributed by atoms with Gasteiger partial charge in [-0.1, -0.05) is 41.7 Å². The number of rotatable bonds is 7. The van der Waals surface area contributed by atoms with Crippen LogP contribution in [0.3, 0.4) is 0 Å². The molecule has 1 aliphatic rings. The predicted molar refractivity (Wildman–Crippen MR) is 126 cm³/mol. The van der Waals surface area contributed by atoms with Crippen LogP contribution in [0.25, 0.3) is 10.2 Å². The first-order valence-electron chi connectivity index (χ1n) is 10.8. The van der Waals surface area contributed by atoms with Crippen LogP contribution in [0.1, 0.15) is 31.2 Å². The highest BCUT2D eigenvalue weighted by Gasteiger charge is 2.23. The number of amides is 1. The molecule has 1 aliphatic heterocycles. The first kappa shape index (κ1) is 22.7. The highest BCUT2D eigenvalue weighted by molar-refractivity contribution is 7.89. The standard InChI is InChI=1S/C23H27N3O4S2/c1-24(17-18-8-4-2-5-9-18)32(29,30)19-10-11-20-21(16-19)31-23(28)26(20)15-12-22(27)25-13-6-3-7-14-25/h2,4-5,8-11,16H,3,6-7,12-15,17H2,1H3. The van der Waals surface area contributed by atoms with Crippen molar-refractivity contribution >= 4 is 37.5 Å². The zero-order valence-electron chi connectivity index (χ0n) is 18.1. The van der Waals surface area contributed by atoms with Crippen LogP contribution >= 0.6 is 11.3 Å². The van der Waals surface area contributed by atoms with Crippen LogP contribution in [0.4, 0.5) is 0 Å². The van der Waals surface area contributed by atoms with Gasteiger partial charge in [0.2, 0.25) is 15.9 Å². The van der Waals surface area contributed by atoms with Gasteiger partial charge in [0.15, 0.2) is 0 Å². The Balaban J connectivity index is 1.52. The van der Waals surface area contributed by atoms with Crippen molar-refractivity contribution in [3.05, 3.63) is 63.8 Å². The molecule has 0 saturated carbocycles. The van der Waals surface area contributed by atoms with Crippen LogP contribution in [-0.4, -0.2) is 48.2 Å². The maximum atomic E-state index is 13.1. The summed E-state index contributed by atoms with van der Waals surface area (Å²) in [5.74, 6) is 0.0673. The summed E-state index contributed by atoms with van der Waals surface area (Å²) < 4.78 is 29.6. The molecule has 32 heavy (non-hydrogen) atoms. The summed E-state index contributed by atoms with van der Waals surface area (Å²) in [6.45, 7) is 2.14. The minimum atomic E-state index is -3.70. The number of fused-ring (bicyclic) bond motifs is 1. The second kappa shape index (κ2) is 9.56. The van der Waals surface area contributed by atoms with Crippen LogP contribution in [0.5, 0.6) is 0 Å². The lowest BCUT2D eigenvalue weighted by Crippen LogP contribution is -2.36. The van der Waals surface area contributed by atoms with Crippen molar-refractivity contribution in [1.29, 1.82) is 0 Å². The molecule has 7 nitrogen and oxygen atoms in total. The Morgan fingerprint density at radius 3 is 2.50 bits per heavy atom. The lowest BCUT2D eigenvalue weighted by molar-refractivity contribution is -0.132. The first-order chi connectivity index (χ1) is 15.4. The zero-order chi connectivity index (χ0) is 22.7. The van der Waals surface area contributed by atoms with Crippen molar-refractivity contribution in [3.8, 4) is 0 Å². The Morgan fingerprint density at radius 1 is 1.06 bits per heavy atom. The van der Waals surface area contributed by atoms with Crippen LogP contribution in [0.15, 0.2) is 58.2 Å². The van der Waals surface area contributed by atoms with E-state index in [4.69, 9.17) is 0 Å². The van der Waals surface area contributed by atoms with E-state index in [1.54, 1.807) is 23.7 Å². The number of benzene rings is 2. The minimum absolute atomic E-state index is 0.0673. The van der Waals surface area contributed by atoms with E-state index in [1.807, 2.05) is 35.2 Å². The summed E-state index contributed by atoms with van der Waals surface area (Å²) >= 11 is 1.01. The van der Waals surface area contributed by atoms with Crippen molar-refractivity contribution in [2.75, 3.05) is 20.1 Å². The molecule has 0 aliphatic carbocycles. The molecule has 9 heteroatoms. The van der Waals surface area contributed by atoms with Gasteiger partial charge in [0.05, 0.1) is 15.1 Å². The number of sulfonamides is 1. The summed E-state index contributed by atoms with van der Waals surface area (Å²) in [5, 5.41) is 0. The fraction of sp³-hybridized carbons (Fsp3) is 0.391. The summed E-state index contributed by atoms with van der Waals surface area (Å²) in [6, 6.07) is 14.2. The third kappa shape index (κ3) is 4.79. The van der Waals surface area contributed by atoms with Crippen molar-refractivity contribution < 1.29 is 13.2 Å². The van der Waals surface area contributed by atoms with E-state index >= 15 is 0 Å². The number of carbonyl (C=O) groups excluding carboxylic acids is 1. The van der Waals surface area contributed by atoms with Gasteiger partial charge in [-0.15, -0.1) is 0 Å². The van der Waals surface area contributed by atoms with Gasteiger partial charge in [-0.2, -0.15) is 4.31 Å². The Hall–Kier alpha value is -2.49. The van der Waals surface area contributed by atoms with Crippen molar-refractivity contribution in [3.63, 3.8) is 0 Å². The number of aromatic nitrogens is 1. The van der Waals surface area contributed by atoms with E-state index < -0.39 is 10.0 Å². The van der Waals surface area contributed by atoms with Gasteiger partial charge < -0.3 is 4.90 Å². The van der Waals surface area contributed by atoms with Crippen LogP contribution in [0.2, 0.25) is 0 Å². The zero-order valence-corrected chi connectivity index (χ0v) is 19.7. The average Bonchev–Trinajstić information content (AvgIpc) is 3.12. The summed E-state index contributed by atoms with van der Waals surface area (Å²) in [5.41, 5.74) is 1.56. The van der Waals surface area contributed by atoms with E-state index in [9.17, 15) is 18.0 Å². The number of hydrogen-bond donors (Lipinski definition) is 0. The fourth-order valence-electron chi connectivity index (χ4n) is 4.03. The van der Waals surface area contributed by atoms with Gasteiger partial charge in [-0.3, -0.25) is 14.2 Å². The van der Waals surface area contributed by atoms with Gasteiger partial charge in [0.25, 0.3) is 0 Å². The van der Waals surface area contributed by atoms with Gasteiger partial charge in [0, 0.05) is 39.6 Å². The van der Waals surface area contributed by atoms with E-state index in [1.165, 1.54) is 10.4 Å². The molecule has 2 heterocycles. The SMILES string of the molecule is CN(Cc1ccccc1)S(=O)(=O)c1ccc2c(c1)sc(=O)n2CCC(=O)N1CCCCC1. The van der Waals surface area contributed by atoms with Crippen LogP contribution < -0.4 is 4.87 Å². The predicted octanol–water partition coefficient (Wildman–Crippen LogP) is 3.29. The Labute approximate surface area is 191 Å². The van der Waals surface area contributed by atoms with E-state index in [0.717, 1.165) is 49.3 Å². The Morgan fingerprint density at radius 2 is 1.78 bits per heavy atom. The molecule has 0 atom stereocenters. The number of hydrogen-bond acceptors (Lipinski definition) is 5. The highest BCUT2D eigenvalue weighted by Crippen LogP contribution is 2.25. The molecule has 0 radical (unpaired) electrons. The molecular weight excluding hydrogens is 446 g/mol. The molecule has 170 valence electrons. The minimum Gasteiger partial charge on any atom is -0.343 e. The van der Waals surface area contributed by atoms with Crippen LogP contribution in [-0.2, 0) is 27.9 Å². The molecular formula is C23H27N3O4S2. The maximum absolute atomic E-state index is 13.1. The molecule has 1 amide bonds. The number of likely N-dealkylation sites (tertiary alicyclic amines) is 1. The largest absolute Gasteiger partial charge is 0.343 e. The van der Waals surface area contributed by atoms with Crippen molar-refractivity contribution in [1.82, 2.24) is 13.8 Å². The molecule has 1 fully saturated rings. The van der Waals surface area contributed by atoms with Gasteiger partial charge in [-0.05, 0) is 43.0 Å². The fourth-order valence-corrected chi connectivity index (χ4v) is 6.25. The lowest BCUT2D eigenvalue weighted by Gasteiger charge is -2.26. The molecule has 1 aromatic heterocycles. The van der Waals surface area contributed by atoms with E-state index in [2.05, 4.69) is 0 Å². The first-order valence-corrected chi connectivity index (χ1v) is 13.0. The third-order valence-corrected chi connectivity index (χ3v) is 8.60. The molecule has 0 spiro atoms. The number of carbonyl (C=O) groups is 1. The monoisotopic (exact) mass is 473 g/mol. The molecule has 3 aromatic rings. The average molecular weight is 474 g/mol. The Kier molecular flexibility index (Phi) is 6.78.